The smallest absolute Gasteiger partial charge is 0.152 e. The number of carbonyl (C=O) groups is 1. The van der Waals surface area contributed by atoms with Crippen molar-refractivity contribution in [1.29, 1.82) is 5.26 Å². The zero-order valence-electron chi connectivity index (χ0n) is 8.37. The van der Waals surface area contributed by atoms with E-state index >= 15 is 0 Å². The minimum absolute atomic E-state index is 0.0819. The molecular weight excluding hydrogens is 162 g/mol. The van der Waals surface area contributed by atoms with Gasteiger partial charge in [-0.3, -0.25) is 4.79 Å². The molecule has 2 atom stereocenters. The average molecular weight is 177 g/mol. The fraction of sp³-hybridized carbons (Fsp3) is 0.636. The van der Waals surface area contributed by atoms with E-state index in [2.05, 4.69) is 19.9 Å². The van der Waals surface area contributed by atoms with Crippen molar-refractivity contribution in [2.45, 2.75) is 27.2 Å². The lowest BCUT2D eigenvalue weighted by Gasteiger charge is -1.96. The fourth-order valence-electron chi connectivity index (χ4n) is 1.90. The second-order valence-corrected chi connectivity index (χ2v) is 4.29. The summed E-state index contributed by atoms with van der Waals surface area (Å²) in [5.74, 6) is 0.933. The lowest BCUT2D eigenvalue weighted by atomic mass is 10.1. The molecule has 0 heterocycles. The van der Waals surface area contributed by atoms with Gasteiger partial charge in [-0.25, -0.2) is 0 Å². The Bertz CT molecular complexity index is 283. The van der Waals surface area contributed by atoms with Crippen LogP contribution in [0.15, 0.2) is 12.2 Å². The van der Waals surface area contributed by atoms with Gasteiger partial charge in [0.15, 0.2) is 5.78 Å². The molecule has 0 amide bonds. The van der Waals surface area contributed by atoms with E-state index in [0.29, 0.717) is 18.3 Å². The predicted octanol–water partition coefficient (Wildman–Crippen LogP) is 2.32. The van der Waals surface area contributed by atoms with E-state index in [1.54, 1.807) is 13.0 Å². The molecule has 0 spiro atoms. The van der Waals surface area contributed by atoms with Crippen LogP contribution in [0.2, 0.25) is 0 Å². The van der Waals surface area contributed by atoms with E-state index in [0.717, 1.165) is 0 Å². The van der Waals surface area contributed by atoms with Crippen molar-refractivity contribution in [1.82, 2.24) is 0 Å². The Morgan fingerprint density at radius 2 is 2.23 bits per heavy atom. The van der Waals surface area contributed by atoms with Gasteiger partial charge in [0.1, 0.15) is 0 Å². The maximum atomic E-state index is 10.7. The van der Waals surface area contributed by atoms with Crippen LogP contribution in [0.4, 0.5) is 0 Å². The molecule has 0 N–H and O–H groups in total. The number of allylic oxidation sites excluding steroid dienone is 2. The van der Waals surface area contributed by atoms with E-state index < -0.39 is 0 Å². The van der Waals surface area contributed by atoms with Gasteiger partial charge in [0.05, 0.1) is 6.07 Å². The Hall–Kier alpha value is -1.10. The summed E-state index contributed by atoms with van der Waals surface area (Å²) in [6, 6.07) is 2.18. The third-order valence-corrected chi connectivity index (χ3v) is 2.99. The van der Waals surface area contributed by atoms with Gasteiger partial charge < -0.3 is 0 Å². The summed E-state index contributed by atoms with van der Waals surface area (Å²) >= 11 is 0. The van der Waals surface area contributed by atoms with Crippen LogP contribution in [0.25, 0.3) is 0 Å². The van der Waals surface area contributed by atoms with E-state index in [1.807, 2.05) is 6.08 Å². The van der Waals surface area contributed by atoms with Crippen LogP contribution >= 0.6 is 0 Å². The summed E-state index contributed by atoms with van der Waals surface area (Å²) < 4.78 is 0. The topological polar surface area (TPSA) is 40.9 Å². The number of nitrogens with zero attached hydrogens (tertiary/aromatic N) is 1. The maximum Gasteiger partial charge on any atom is 0.152 e. The van der Waals surface area contributed by atoms with Gasteiger partial charge in [-0.05, 0) is 30.3 Å². The number of ketones is 1. The number of hydrogen-bond acceptors (Lipinski definition) is 2. The molecule has 0 aliphatic heterocycles. The molecule has 0 unspecified atom stereocenters. The van der Waals surface area contributed by atoms with E-state index in [4.69, 9.17) is 5.26 Å². The first-order valence-electron chi connectivity index (χ1n) is 4.56. The van der Waals surface area contributed by atoms with Gasteiger partial charge in [-0.15, -0.1) is 0 Å². The van der Waals surface area contributed by atoms with Gasteiger partial charge in [0.25, 0.3) is 0 Å². The zero-order chi connectivity index (χ0) is 10.1. The maximum absolute atomic E-state index is 10.7. The highest BCUT2D eigenvalue weighted by atomic mass is 16.1. The van der Waals surface area contributed by atoms with E-state index in [1.165, 1.54) is 0 Å². The Morgan fingerprint density at radius 3 is 2.69 bits per heavy atom. The molecule has 1 aliphatic rings. The van der Waals surface area contributed by atoms with Crippen LogP contribution in [0, 0.1) is 28.6 Å². The molecule has 70 valence electrons. The quantitative estimate of drug-likeness (QED) is 0.621. The monoisotopic (exact) mass is 177 g/mol. The van der Waals surface area contributed by atoms with Gasteiger partial charge >= 0.3 is 0 Å². The lowest BCUT2D eigenvalue weighted by molar-refractivity contribution is -0.112. The molecule has 2 nitrogen and oxygen atoms in total. The summed E-state index contributed by atoms with van der Waals surface area (Å²) in [5.41, 5.74) is 0.210. The molecule has 0 aromatic heterocycles. The molecule has 0 bridgehead atoms. The molecule has 0 saturated heterocycles. The van der Waals surface area contributed by atoms with Crippen molar-refractivity contribution in [2.24, 2.45) is 17.3 Å². The van der Waals surface area contributed by atoms with Crippen LogP contribution in [-0.4, -0.2) is 5.78 Å². The molecule has 2 heteroatoms. The summed E-state index contributed by atoms with van der Waals surface area (Å²) in [5, 5.41) is 8.56. The van der Waals surface area contributed by atoms with Crippen LogP contribution < -0.4 is 0 Å². The van der Waals surface area contributed by atoms with Crippen molar-refractivity contribution < 1.29 is 4.79 Å². The third-order valence-electron chi connectivity index (χ3n) is 2.99. The number of rotatable bonds is 3. The second-order valence-electron chi connectivity index (χ2n) is 4.29. The first-order chi connectivity index (χ1) is 6.00. The minimum atomic E-state index is 0.0819. The van der Waals surface area contributed by atoms with E-state index in [-0.39, 0.29) is 11.2 Å². The largest absolute Gasteiger partial charge is 0.295 e. The molecule has 0 aromatic rings. The molecule has 0 aromatic carbocycles. The van der Waals surface area contributed by atoms with Crippen molar-refractivity contribution >= 4 is 5.78 Å². The summed E-state index contributed by atoms with van der Waals surface area (Å²) in [6.45, 7) is 5.83. The first kappa shape index (κ1) is 9.98. The summed E-state index contributed by atoms with van der Waals surface area (Å²) in [4.78, 5) is 10.7. The van der Waals surface area contributed by atoms with Crippen molar-refractivity contribution in [3.8, 4) is 6.07 Å². The van der Waals surface area contributed by atoms with Crippen LogP contribution in [-0.2, 0) is 4.79 Å². The highest BCUT2D eigenvalue weighted by Crippen LogP contribution is 2.60. The van der Waals surface area contributed by atoms with Gasteiger partial charge in [0.2, 0.25) is 0 Å². The number of carbonyl (C=O) groups excluding carboxylic acids is 1. The van der Waals surface area contributed by atoms with Crippen LogP contribution in [0.3, 0.4) is 0 Å². The second kappa shape index (κ2) is 3.33. The lowest BCUT2D eigenvalue weighted by Crippen LogP contribution is -1.89. The predicted molar refractivity (Wildman–Crippen MR) is 50.8 cm³/mol. The zero-order valence-corrected chi connectivity index (χ0v) is 8.37. The summed E-state index contributed by atoms with van der Waals surface area (Å²) in [6.07, 6.45) is 4.16. The Kier molecular flexibility index (Phi) is 2.56. The van der Waals surface area contributed by atoms with Crippen molar-refractivity contribution in [3.63, 3.8) is 0 Å². The first-order valence-corrected chi connectivity index (χ1v) is 4.56. The third kappa shape index (κ3) is 1.98. The standard InChI is InChI=1S/C11H15NO/c1-8(13)4-5-9-10(6-7-12)11(9,2)3/h4-5,9-10H,6H2,1-3H3/b5-4+/t9-,10+/m1/s1. The molecular formula is C11H15NO. The molecule has 1 rings (SSSR count). The average Bonchev–Trinajstić information content (AvgIpc) is 2.51. The molecule has 0 radical (unpaired) electrons. The Morgan fingerprint density at radius 1 is 1.62 bits per heavy atom. The molecule has 1 fully saturated rings. The Balaban J connectivity index is 2.56. The molecule has 1 aliphatic carbocycles. The highest BCUT2D eigenvalue weighted by molar-refractivity contribution is 5.87. The van der Waals surface area contributed by atoms with Gasteiger partial charge in [-0.1, -0.05) is 19.9 Å². The van der Waals surface area contributed by atoms with Crippen molar-refractivity contribution in [3.05, 3.63) is 12.2 Å². The van der Waals surface area contributed by atoms with Gasteiger partial charge in [0, 0.05) is 6.42 Å². The highest BCUT2D eigenvalue weighted by Gasteiger charge is 2.55. The normalized spacial score (nSPS) is 30.0. The van der Waals surface area contributed by atoms with Gasteiger partial charge in [-0.2, -0.15) is 5.26 Å². The number of nitriles is 1. The molecule has 1 saturated carbocycles. The van der Waals surface area contributed by atoms with Crippen LogP contribution in [0.1, 0.15) is 27.2 Å². The van der Waals surface area contributed by atoms with Crippen LogP contribution in [0.5, 0.6) is 0 Å². The fourth-order valence-corrected chi connectivity index (χ4v) is 1.90. The number of hydrogen-bond donors (Lipinski definition) is 0. The molecule has 13 heavy (non-hydrogen) atoms. The SMILES string of the molecule is CC(=O)/C=C/[C@@H]1[C@H](CC#N)C1(C)C. The summed E-state index contributed by atoms with van der Waals surface area (Å²) in [7, 11) is 0. The van der Waals surface area contributed by atoms with E-state index in [9.17, 15) is 4.79 Å². The Labute approximate surface area is 79.2 Å². The van der Waals surface area contributed by atoms with Crippen molar-refractivity contribution in [2.75, 3.05) is 0 Å². The minimum Gasteiger partial charge on any atom is -0.295 e.